The van der Waals surface area contributed by atoms with E-state index in [4.69, 9.17) is 4.74 Å². The van der Waals surface area contributed by atoms with Gasteiger partial charge in [0.25, 0.3) is 0 Å². The van der Waals surface area contributed by atoms with E-state index in [2.05, 4.69) is 16.4 Å². The standard InChI is InChI=1S/C21H19N3O4S/c1-2-28-21(27)13-5-3-6-15(9-13)23-19(26)12-29-20-14(11-22)10-16-17(24-20)7-4-8-18(16)25/h3,5-6,9-10H,2,4,7-8,12H2,1H3,(H,23,26). The number of thioether (sulfide) groups is 1. The van der Waals surface area contributed by atoms with E-state index >= 15 is 0 Å². The lowest BCUT2D eigenvalue weighted by Crippen LogP contribution is -2.16. The molecule has 1 aliphatic carbocycles. The Morgan fingerprint density at radius 1 is 1.31 bits per heavy atom. The van der Waals surface area contributed by atoms with Crippen LogP contribution in [0.25, 0.3) is 0 Å². The number of ketones is 1. The first-order valence-electron chi connectivity index (χ1n) is 9.19. The number of rotatable bonds is 6. The predicted molar refractivity (Wildman–Crippen MR) is 108 cm³/mol. The fourth-order valence-corrected chi connectivity index (χ4v) is 3.75. The third kappa shape index (κ3) is 5.00. The van der Waals surface area contributed by atoms with Crippen molar-refractivity contribution in [1.82, 2.24) is 4.98 Å². The Morgan fingerprint density at radius 2 is 2.14 bits per heavy atom. The van der Waals surface area contributed by atoms with Crippen molar-refractivity contribution in [3.8, 4) is 6.07 Å². The quantitative estimate of drug-likeness (QED) is 0.575. The lowest BCUT2D eigenvalue weighted by molar-refractivity contribution is -0.113. The number of nitrogens with one attached hydrogen (secondary N) is 1. The number of hydrogen-bond acceptors (Lipinski definition) is 7. The highest BCUT2D eigenvalue weighted by Gasteiger charge is 2.21. The third-order valence-electron chi connectivity index (χ3n) is 4.30. The highest BCUT2D eigenvalue weighted by atomic mass is 32.2. The van der Waals surface area contributed by atoms with Gasteiger partial charge < -0.3 is 10.1 Å². The Balaban J connectivity index is 1.67. The summed E-state index contributed by atoms with van der Waals surface area (Å²) in [6, 6.07) is 10.1. The van der Waals surface area contributed by atoms with E-state index in [0.717, 1.165) is 18.2 Å². The predicted octanol–water partition coefficient (Wildman–Crippen LogP) is 3.38. The minimum atomic E-state index is -0.454. The summed E-state index contributed by atoms with van der Waals surface area (Å²) in [4.78, 5) is 40.6. The number of Topliss-reactive ketones (excluding diaryl/α,β-unsaturated/α-hetero) is 1. The van der Waals surface area contributed by atoms with Gasteiger partial charge in [-0.15, -0.1) is 0 Å². The monoisotopic (exact) mass is 409 g/mol. The van der Waals surface area contributed by atoms with Crippen LogP contribution in [0, 0.1) is 11.3 Å². The maximum atomic E-state index is 12.3. The fraction of sp³-hybridized carbons (Fsp3) is 0.286. The molecule has 1 aromatic carbocycles. The average Bonchev–Trinajstić information content (AvgIpc) is 2.72. The summed E-state index contributed by atoms with van der Waals surface area (Å²) in [5.41, 5.74) is 2.32. The molecule has 1 aromatic heterocycles. The number of anilines is 1. The smallest absolute Gasteiger partial charge is 0.338 e. The van der Waals surface area contributed by atoms with Gasteiger partial charge >= 0.3 is 5.97 Å². The molecular weight excluding hydrogens is 390 g/mol. The van der Waals surface area contributed by atoms with Gasteiger partial charge in [0.1, 0.15) is 11.1 Å². The molecule has 0 spiro atoms. The Morgan fingerprint density at radius 3 is 2.90 bits per heavy atom. The first-order chi connectivity index (χ1) is 14.0. The number of aromatic nitrogens is 1. The molecule has 2 aromatic rings. The summed E-state index contributed by atoms with van der Waals surface area (Å²) in [6.07, 6.45) is 1.90. The summed E-state index contributed by atoms with van der Waals surface area (Å²) in [7, 11) is 0. The zero-order chi connectivity index (χ0) is 20.8. The Labute approximate surface area is 172 Å². The van der Waals surface area contributed by atoms with Crippen molar-refractivity contribution in [1.29, 1.82) is 5.26 Å². The molecule has 1 N–H and O–H groups in total. The number of carbonyl (C=O) groups excluding carboxylic acids is 3. The first-order valence-corrected chi connectivity index (χ1v) is 10.2. The second-order valence-corrected chi connectivity index (χ2v) is 7.33. The van der Waals surface area contributed by atoms with Crippen LogP contribution in [0.1, 0.15) is 51.7 Å². The lowest BCUT2D eigenvalue weighted by Gasteiger charge is -2.15. The van der Waals surface area contributed by atoms with Gasteiger partial charge in [-0.05, 0) is 44.0 Å². The van der Waals surface area contributed by atoms with Crippen LogP contribution in [0.3, 0.4) is 0 Å². The van der Waals surface area contributed by atoms with Crippen LogP contribution in [-0.4, -0.2) is 35.0 Å². The van der Waals surface area contributed by atoms with Crippen LogP contribution < -0.4 is 5.32 Å². The molecule has 0 aliphatic heterocycles. The van der Waals surface area contributed by atoms with E-state index in [1.807, 2.05) is 0 Å². The molecule has 0 bridgehead atoms. The van der Waals surface area contributed by atoms with Crippen LogP contribution in [0.2, 0.25) is 0 Å². The maximum absolute atomic E-state index is 12.3. The van der Waals surface area contributed by atoms with E-state index in [1.54, 1.807) is 37.3 Å². The Kier molecular flexibility index (Phi) is 6.62. The number of nitriles is 1. The number of hydrogen-bond donors (Lipinski definition) is 1. The van der Waals surface area contributed by atoms with E-state index in [1.165, 1.54) is 0 Å². The van der Waals surface area contributed by atoms with Crippen molar-refractivity contribution in [2.45, 2.75) is 31.2 Å². The summed E-state index contributed by atoms with van der Waals surface area (Å²) >= 11 is 1.14. The van der Waals surface area contributed by atoms with Crippen molar-refractivity contribution in [3.63, 3.8) is 0 Å². The second-order valence-electron chi connectivity index (χ2n) is 6.36. The zero-order valence-electron chi connectivity index (χ0n) is 15.9. The lowest BCUT2D eigenvalue weighted by atomic mass is 9.94. The molecule has 0 saturated heterocycles. The SMILES string of the molecule is CCOC(=O)c1cccc(NC(=O)CSc2nc3c(cc2C#N)C(=O)CCC3)c1. The van der Waals surface area contributed by atoms with Crippen molar-refractivity contribution < 1.29 is 19.1 Å². The maximum Gasteiger partial charge on any atom is 0.338 e. The highest BCUT2D eigenvalue weighted by molar-refractivity contribution is 8.00. The number of benzene rings is 1. The van der Waals surface area contributed by atoms with Crippen molar-refractivity contribution in [2.24, 2.45) is 0 Å². The molecule has 1 heterocycles. The number of esters is 1. The van der Waals surface area contributed by atoms with E-state index in [-0.39, 0.29) is 24.1 Å². The molecule has 1 aliphatic rings. The number of pyridine rings is 1. The van der Waals surface area contributed by atoms with Crippen molar-refractivity contribution in [3.05, 3.63) is 52.7 Å². The normalized spacial score (nSPS) is 12.6. The van der Waals surface area contributed by atoms with Gasteiger partial charge in [0.2, 0.25) is 5.91 Å². The Bertz CT molecular complexity index is 1010. The van der Waals surface area contributed by atoms with Gasteiger partial charge in [0.15, 0.2) is 5.78 Å². The van der Waals surface area contributed by atoms with Gasteiger partial charge in [-0.1, -0.05) is 17.8 Å². The molecule has 0 saturated carbocycles. The van der Waals surface area contributed by atoms with Crippen LogP contribution >= 0.6 is 11.8 Å². The van der Waals surface area contributed by atoms with E-state index in [0.29, 0.717) is 45.9 Å². The van der Waals surface area contributed by atoms with E-state index in [9.17, 15) is 19.6 Å². The minimum absolute atomic E-state index is 0.00558. The Hall–Kier alpha value is -3.18. The van der Waals surface area contributed by atoms with Crippen LogP contribution in [-0.2, 0) is 16.0 Å². The highest BCUT2D eigenvalue weighted by Crippen LogP contribution is 2.27. The number of ether oxygens (including phenoxy) is 1. The van der Waals surface area contributed by atoms with Crippen LogP contribution in [0.5, 0.6) is 0 Å². The molecule has 0 radical (unpaired) electrons. The zero-order valence-corrected chi connectivity index (χ0v) is 16.7. The molecular formula is C21H19N3O4S. The first kappa shape index (κ1) is 20.6. The van der Waals surface area contributed by atoms with Gasteiger partial charge in [-0.2, -0.15) is 5.26 Å². The minimum Gasteiger partial charge on any atom is -0.462 e. The molecule has 1 amide bonds. The third-order valence-corrected chi connectivity index (χ3v) is 5.29. The van der Waals surface area contributed by atoms with Gasteiger partial charge in [0, 0.05) is 17.7 Å². The molecule has 7 nitrogen and oxygen atoms in total. The number of fused-ring (bicyclic) bond motifs is 1. The summed E-state index contributed by atoms with van der Waals surface area (Å²) in [5.74, 6) is -0.705. The summed E-state index contributed by atoms with van der Waals surface area (Å²) < 4.78 is 4.95. The molecule has 29 heavy (non-hydrogen) atoms. The topological polar surface area (TPSA) is 109 Å². The molecule has 0 atom stereocenters. The number of aryl methyl sites for hydroxylation is 1. The van der Waals surface area contributed by atoms with Crippen molar-refractivity contribution >= 4 is 35.1 Å². The fourth-order valence-electron chi connectivity index (χ4n) is 2.97. The number of nitrogens with zero attached hydrogens (tertiary/aromatic N) is 2. The number of amides is 1. The van der Waals surface area contributed by atoms with Gasteiger partial charge in [-0.3, -0.25) is 9.59 Å². The molecule has 0 fully saturated rings. The molecule has 3 rings (SSSR count). The van der Waals surface area contributed by atoms with Crippen LogP contribution in [0.15, 0.2) is 35.4 Å². The van der Waals surface area contributed by atoms with Crippen LogP contribution in [0.4, 0.5) is 5.69 Å². The van der Waals surface area contributed by atoms with Crippen molar-refractivity contribution in [2.75, 3.05) is 17.7 Å². The van der Waals surface area contributed by atoms with Gasteiger partial charge in [-0.25, -0.2) is 9.78 Å². The average molecular weight is 409 g/mol. The van der Waals surface area contributed by atoms with E-state index < -0.39 is 5.97 Å². The number of carbonyl (C=O) groups is 3. The van der Waals surface area contributed by atoms with Gasteiger partial charge in [0.05, 0.1) is 29.2 Å². The molecule has 8 heteroatoms. The summed E-state index contributed by atoms with van der Waals surface area (Å²) in [6.45, 7) is 1.99. The molecule has 0 unspecified atom stereocenters. The second kappa shape index (κ2) is 9.34. The molecule has 148 valence electrons. The largest absolute Gasteiger partial charge is 0.462 e. The summed E-state index contributed by atoms with van der Waals surface area (Å²) in [5, 5.41) is 12.5.